The third-order valence-corrected chi connectivity index (χ3v) is 4.74. The van der Waals surface area contributed by atoms with Gasteiger partial charge in [-0.25, -0.2) is 0 Å². The van der Waals surface area contributed by atoms with Crippen LogP contribution < -0.4 is 0 Å². The molecule has 4 heteroatoms. The van der Waals surface area contributed by atoms with Crippen LogP contribution in [0.1, 0.15) is 34.6 Å². The molecular weight excluding hydrogens is 208 g/mol. The summed E-state index contributed by atoms with van der Waals surface area (Å²) in [6.07, 6.45) is 2.13. The summed E-state index contributed by atoms with van der Waals surface area (Å²) in [5, 5.41) is 0. The molecule has 0 fully saturated rings. The van der Waals surface area contributed by atoms with Crippen molar-refractivity contribution < 1.29 is 13.3 Å². The highest BCUT2D eigenvalue weighted by Crippen LogP contribution is 2.17. The van der Waals surface area contributed by atoms with Gasteiger partial charge in [-0.2, -0.15) is 0 Å². The van der Waals surface area contributed by atoms with Crippen molar-refractivity contribution in [3.05, 3.63) is 11.6 Å². The molecular formula is C11H24O3Si. The fourth-order valence-corrected chi connectivity index (χ4v) is 3.87. The van der Waals surface area contributed by atoms with Gasteiger partial charge in [0.05, 0.1) is 0 Å². The molecule has 0 aliphatic rings. The quantitative estimate of drug-likeness (QED) is 0.475. The Balaban J connectivity index is 4.52. The van der Waals surface area contributed by atoms with Crippen LogP contribution in [-0.2, 0) is 13.3 Å². The van der Waals surface area contributed by atoms with Crippen LogP contribution in [0.4, 0.5) is 0 Å². The van der Waals surface area contributed by atoms with Crippen molar-refractivity contribution >= 4 is 8.80 Å². The minimum absolute atomic E-state index is 0.642. The van der Waals surface area contributed by atoms with Gasteiger partial charge in [0.25, 0.3) is 0 Å². The van der Waals surface area contributed by atoms with E-state index in [-0.39, 0.29) is 0 Å². The SMILES string of the molecule is CCO[Si](CC=C(C)C)(OCC)OCC. The zero-order valence-corrected chi connectivity index (χ0v) is 11.6. The van der Waals surface area contributed by atoms with E-state index < -0.39 is 8.80 Å². The van der Waals surface area contributed by atoms with Crippen LogP contribution in [0, 0.1) is 0 Å². The molecule has 0 radical (unpaired) electrons. The summed E-state index contributed by atoms with van der Waals surface area (Å²) in [5.74, 6) is 0. The average molecular weight is 232 g/mol. The summed E-state index contributed by atoms with van der Waals surface area (Å²) in [7, 11) is -2.43. The van der Waals surface area contributed by atoms with Gasteiger partial charge in [0.15, 0.2) is 0 Å². The zero-order chi connectivity index (χ0) is 11.7. The smallest absolute Gasteiger partial charge is 0.374 e. The molecule has 3 nitrogen and oxygen atoms in total. The van der Waals surface area contributed by atoms with Crippen molar-refractivity contribution in [3.8, 4) is 0 Å². The number of hydrogen-bond donors (Lipinski definition) is 0. The molecule has 15 heavy (non-hydrogen) atoms. The Morgan fingerprint density at radius 3 is 1.60 bits per heavy atom. The van der Waals surface area contributed by atoms with Gasteiger partial charge in [-0.3, -0.25) is 0 Å². The maximum atomic E-state index is 5.71. The highest BCUT2D eigenvalue weighted by atomic mass is 28.4. The largest absolute Gasteiger partial charge is 0.504 e. The van der Waals surface area contributed by atoms with Crippen molar-refractivity contribution in [1.29, 1.82) is 0 Å². The maximum absolute atomic E-state index is 5.71. The molecule has 0 aliphatic carbocycles. The van der Waals surface area contributed by atoms with Crippen molar-refractivity contribution in [2.24, 2.45) is 0 Å². The van der Waals surface area contributed by atoms with Gasteiger partial charge in [-0.05, 0) is 34.6 Å². The normalized spacial score (nSPS) is 11.5. The number of allylic oxidation sites excluding steroid dienone is 2. The summed E-state index contributed by atoms with van der Waals surface area (Å²) < 4.78 is 17.1. The molecule has 0 aromatic heterocycles. The molecule has 0 aromatic carbocycles. The summed E-state index contributed by atoms with van der Waals surface area (Å²) in [6.45, 7) is 12.0. The lowest BCUT2D eigenvalue weighted by molar-refractivity contribution is 0.0742. The Kier molecular flexibility index (Phi) is 7.96. The predicted octanol–water partition coefficient (Wildman–Crippen LogP) is 3.00. The van der Waals surface area contributed by atoms with Crippen LogP contribution >= 0.6 is 0 Å². The second kappa shape index (κ2) is 8.04. The van der Waals surface area contributed by atoms with E-state index in [1.54, 1.807) is 0 Å². The van der Waals surface area contributed by atoms with Crippen molar-refractivity contribution in [3.63, 3.8) is 0 Å². The van der Waals surface area contributed by atoms with Gasteiger partial charge in [-0.15, -0.1) is 0 Å². The molecule has 0 bridgehead atoms. The molecule has 0 atom stereocenters. The molecule has 0 rings (SSSR count). The van der Waals surface area contributed by atoms with Gasteiger partial charge in [0.2, 0.25) is 0 Å². The van der Waals surface area contributed by atoms with E-state index in [2.05, 4.69) is 19.9 Å². The molecule has 0 unspecified atom stereocenters. The van der Waals surface area contributed by atoms with E-state index >= 15 is 0 Å². The van der Waals surface area contributed by atoms with E-state index in [9.17, 15) is 0 Å². The highest BCUT2D eigenvalue weighted by molar-refractivity contribution is 6.61. The number of rotatable bonds is 8. The first-order chi connectivity index (χ1) is 7.10. The molecule has 0 N–H and O–H groups in total. The second-order valence-corrected chi connectivity index (χ2v) is 6.11. The Hall–Kier alpha value is -0.163. The van der Waals surface area contributed by atoms with Crippen LogP contribution in [0.5, 0.6) is 0 Å². The first-order valence-electron chi connectivity index (χ1n) is 5.65. The molecule has 0 spiro atoms. The van der Waals surface area contributed by atoms with Crippen molar-refractivity contribution in [1.82, 2.24) is 0 Å². The Bertz CT molecular complexity index is 171. The van der Waals surface area contributed by atoms with Gasteiger partial charge >= 0.3 is 8.80 Å². The fraction of sp³-hybridized carbons (Fsp3) is 0.818. The van der Waals surface area contributed by atoms with E-state index in [0.29, 0.717) is 19.8 Å². The van der Waals surface area contributed by atoms with Crippen LogP contribution in [0.2, 0.25) is 6.04 Å². The van der Waals surface area contributed by atoms with E-state index in [1.807, 2.05) is 20.8 Å². The Morgan fingerprint density at radius 1 is 0.933 bits per heavy atom. The minimum Gasteiger partial charge on any atom is -0.374 e. The van der Waals surface area contributed by atoms with Crippen LogP contribution in [-0.4, -0.2) is 28.6 Å². The van der Waals surface area contributed by atoms with Crippen molar-refractivity contribution in [2.45, 2.75) is 40.7 Å². The zero-order valence-electron chi connectivity index (χ0n) is 10.6. The molecule has 0 amide bonds. The molecule has 0 saturated heterocycles. The molecule has 0 aromatic rings. The Morgan fingerprint density at radius 2 is 1.33 bits per heavy atom. The predicted molar refractivity (Wildman–Crippen MR) is 64.9 cm³/mol. The maximum Gasteiger partial charge on any atom is 0.504 e. The molecule has 0 heterocycles. The first-order valence-corrected chi connectivity index (χ1v) is 7.58. The summed E-state index contributed by atoms with van der Waals surface area (Å²) in [4.78, 5) is 0. The third kappa shape index (κ3) is 6.09. The molecule has 0 saturated carbocycles. The lowest BCUT2D eigenvalue weighted by atomic mass is 10.3. The minimum atomic E-state index is -2.43. The van der Waals surface area contributed by atoms with Gasteiger partial charge in [0, 0.05) is 25.9 Å². The van der Waals surface area contributed by atoms with Crippen LogP contribution in [0.3, 0.4) is 0 Å². The second-order valence-electron chi connectivity index (χ2n) is 3.47. The standard InChI is InChI=1S/C11H24O3Si/c1-6-12-15(13-7-2,14-8-3)10-9-11(4)5/h9H,6-8,10H2,1-5H3. The fourth-order valence-electron chi connectivity index (χ4n) is 1.29. The lowest BCUT2D eigenvalue weighted by Gasteiger charge is -2.27. The lowest BCUT2D eigenvalue weighted by Crippen LogP contribution is -2.45. The number of hydrogen-bond acceptors (Lipinski definition) is 3. The molecule has 90 valence electrons. The van der Waals surface area contributed by atoms with Crippen LogP contribution in [0.25, 0.3) is 0 Å². The monoisotopic (exact) mass is 232 g/mol. The van der Waals surface area contributed by atoms with E-state index in [1.165, 1.54) is 5.57 Å². The van der Waals surface area contributed by atoms with Crippen LogP contribution in [0.15, 0.2) is 11.6 Å². The summed E-state index contributed by atoms with van der Waals surface area (Å²) in [5.41, 5.74) is 1.27. The van der Waals surface area contributed by atoms with Gasteiger partial charge < -0.3 is 13.3 Å². The van der Waals surface area contributed by atoms with E-state index in [0.717, 1.165) is 6.04 Å². The topological polar surface area (TPSA) is 27.7 Å². The van der Waals surface area contributed by atoms with Gasteiger partial charge in [0.1, 0.15) is 0 Å². The highest BCUT2D eigenvalue weighted by Gasteiger charge is 2.38. The third-order valence-electron chi connectivity index (χ3n) is 1.85. The first kappa shape index (κ1) is 14.8. The Labute approximate surface area is 94.8 Å². The molecule has 0 aliphatic heterocycles. The summed E-state index contributed by atoms with van der Waals surface area (Å²) in [6, 6.07) is 0.769. The average Bonchev–Trinajstić information content (AvgIpc) is 2.16. The van der Waals surface area contributed by atoms with Crippen molar-refractivity contribution in [2.75, 3.05) is 19.8 Å². The summed E-state index contributed by atoms with van der Waals surface area (Å²) >= 11 is 0. The van der Waals surface area contributed by atoms with Gasteiger partial charge in [-0.1, -0.05) is 11.6 Å². The van der Waals surface area contributed by atoms with E-state index in [4.69, 9.17) is 13.3 Å².